The second-order valence-corrected chi connectivity index (χ2v) is 13.9. The first-order valence-corrected chi connectivity index (χ1v) is 15.5. The lowest BCUT2D eigenvalue weighted by Gasteiger charge is -2.62. The van der Waals surface area contributed by atoms with Crippen molar-refractivity contribution in [3.8, 4) is 0 Å². The first-order chi connectivity index (χ1) is 18.3. The van der Waals surface area contributed by atoms with Crippen molar-refractivity contribution in [3.63, 3.8) is 0 Å². The van der Waals surface area contributed by atoms with Crippen LogP contribution in [0.2, 0.25) is 0 Å². The van der Waals surface area contributed by atoms with Gasteiger partial charge in [-0.3, -0.25) is 4.90 Å². The lowest BCUT2D eigenvalue weighted by Crippen LogP contribution is -2.73. The Balaban J connectivity index is 0.00000112. The summed E-state index contributed by atoms with van der Waals surface area (Å²) in [6.07, 6.45) is 3.31. The maximum absolute atomic E-state index is 12.4. The van der Waals surface area contributed by atoms with Crippen molar-refractivity contribution < 1.29 is 33.5 Å². The molecular weight excluding hydrogens is 547 g/mol. The number of hydrogen-bond acceptors (Lipinski definition) is 8. The van der Waals surface area contributed by atoms with Gasteiger partial charge < -0.3 is 23.8 Å². The van der Waals surface area contributed by atoms with E-state index in [0.29, 0.717) is 31.5 Å². The fraction of sp³-hybridized carbons (Fsp3) is 0.964. The number of ether oxygens (including phenoxy) is 4. The zero-order valence-corrected chi connectivity index (χ0v) is 26.2. The molecule has 5 aliphatic heterocycles. The molecule has 0 aromatic rings. The summed E-state index contributed by atoms with van der Waals surface area (Å²) in [6, 6.07) is 0. The van der Waals surface area contributed by atoms with E-state index in [9.17, 15) is 4.79 Å². The number of amides is 1. The van der Waals surface area contributed by atoms with E-state index in [1.54, 1.807) is 4.90 Å². The van der Waals surface area contributed by atoms with Gasteiger partial charge in [-0.2, -0.15) is 0 Å². The molecule has 5 heterocycles. The summed E-state index contributed by atoms with van der Waals surface area (Å²) in [5.74, 6) is -0.304. The third-order valence-corrected chi connectivity index (χ3v) is 9.37. The molecule has 6 rings (SSSR count). The summed E-state index contributed by atoms with van der Waals surface area (Å²) < 4.78 is 25.2. The number of fused-ring (bicyclic) bond motifs is 2. The summed E-state index contributed by atoms with van der Waals surface area (Å²) in [6.45, 7) is 18.5. The second-order valence-electron chi connectivity index (χ2n) is 13.1. The van der Waals surface area contributed by atoms with E-state index >= 15 is 0 Å². The van der Waals surface area contributed by atoms with Crippen molar-refractivity contribution >= 4 is 29.3 Å². The van der Waals surface area contributed by atoms with E-state index in [1.807, 2.05) is 27.7 Å². The second kappa shape index (κ2) is 12.1. The van der Waals surface area contributed by atoms with E-state index in [0.717, 1.165) is 38.9 Å². The van der Waals surface area contributed by atoms with Crippen LogP contribution in [0, 0.1) is 23.7 Å². The maximum atomic E-state index is 12.4. The number of halogens is 2. The molecule has 1 spiro atoms. The molecule has 39 heavy (non-hydrogen) atoms. The molecule has 226 valence electrons. The summed E-state index contributed by atoms with van der Waals surface area (Å²) >= 11 is 9.53. The zero-order chi connectivity index (χ0) is 28.6. The van der Waals surface area contributed by atoms with Gasteiger partial charge in [0.2, 0.25) is 5.79 Å². The first kappa shape index (κ1) is 31.5. The van der Waals surface area contributed by atoms with Crippen LogP contribution >= 0.6 is 23.2 Å². The standard InChI is InChI=1S/C27H46N2O7.CH2Cl2/c1-18-8-9-21-19(2)26(7,33-22-27(21)20(18)10-11-25(6,32-22)35-36-27)31-17-16-28-12-14-29(15-13-28)23(30)34-24(3,4)5;2-1-3/h18-22H,8-17H2,1-7H3;1H2/t18-,19-,20?,21+,22+,25+,26+,27-;/m1./s1. The molecule has 2 bridgehead atoms. The number of carbonyl (C=O) groups excluding carboxylic acids is 1. The van der Waals surface area contributed by atoms with Gasteiger partial charge in [-0.05, 0) is 65.7 Å². The largest absolute Gasteiger partial charge is 0.444 e. The van der Waals surface area contributed by atoms with Crippen LogP contribution in [0.1, 0.15) is 74.1 Å². The molecule has 9 nitrogen and oxygen atoms in total. The van der Waals surface area contributed by atoms with E-state index in [1.165, 1.54) is 6.42 Å². The van der Waals surface area contributed by atoms with E-state index in [4.69, 9.17) is 51.9 Å². The Bertz CT molecular complexity index is 854. The molecule has 1 aliphatic carbocycles. The molecule has 0 N–H and O–H groups in total. The van der Waals surface area contributed by atoms with Crippen molar-refractivity contribution in [2.75, 3.05) is 44.7 Å². The maximum Gasteiger partial charge on any atom is 0.410 e. The summed E-state index contributed by atoms with van der Waals surface area (Å²) in [4.78, 5) is 28.7. The molecule has 6 fully saturated rings. The Morgan fingerprint density at radius 2 is 1.64 bits per heavy atom. The number of carbonyl (C=O) groups is 1. The van der Waals surface area contributed by atoms with Crippen molar-refractivity contribution in [1.82, 2.24) is 9.80 Å². The van der Waals surface area contributed by atoms with Crippen molar-refractivity contribution in [2.24, 2.45) is 23.7 Å². The number of nitrogens with zero attached hydrogens (tertiary/aromatic N) is 2. The minimum Gasteiger partial charge on any atom is -0.444 e. The predicted octanol–water partition coefficient (Wildman–Crippen LogP) is 5.58. The van der Waals surface area contributed by atoms with E-state index in [2.05, 4.69) is 25.7 Å². The van der Waals surface area contributed by atoms with Gasteiger partial charge in [0.05, 0.1) is 11.9 Å². The Labute approximate surface area is 243 Å². The van der Waals surface area contributed by atoms with Crippen LogP contribution in [0.25, 0.3) is 0 Å². The van der Waals surface area contributed by atoms with Gasteiger partial charge in [-0.25, -0.2) is 14.6 Å². The van der Waals surface area contributed by atoms with Crippen molar-refractivity contribution in [1.29, 1.82) is 0 Å². The minimum absolute atomic E-state index is 0.127. The van der Waals surface area contributed by atoms with E-state index < -0.39 is 29.1 Å². The molecule has 11 heteroatoms. The highest BCUT2D eigenvalue weighted by molar-refractivity contribution is 6.40. The lowest BCUT2D eigenvalue weighted by molar-refractivity contribution is -0.585. The van der Waals surface area contributed by atoms with Gasteiger partial charge in [-0.1, -0.05) is 13.8 Å². The highest BCUT2D eigenvalue weighted by atomic mass is 35.5. The molecule has 6 aliphatic rings. The quantitative estimate of drug-likeness (QED) is 0.308. The fourth-order valence-electron chi connectivity index (χ4n) is 7.09. The molecular formula is C28H48Cl2N2O7. The van der Waals surface area contributed by atoms with Gasteiger partial charge in [0.1, 0.15) is 5.60 Å². The topological polar surface area (TPSA) is 78.9 Å². The minimum atomic E-state index is -0.785. The van der Waals surface area contributed by atoms with Crippen LogP contribution in [0.15, 0.2) is 0 Å². The first-order valence-electron chi connectivity index (χ1n) is 14.5. The van der Waals surface area contributed by atoms with E-state index in [-0.39, 0.29) is 23.3 Å². The SMILES string of the molecule is C[C@@H]1CC[C@H]2[C@@H](C)[C@@](C)(OCCN3CCN(C(=O)OC(C)(C)C)CC3)O[C@@H]3O[C@]4(C)CCC1[C@]32OO4.ClCCl. The molecule has 1 amide bonds. The van der Waals surface area contributed by atoms with Crippen LogP contribution in [0.3, 0.4) is 0 Å². The summed E-state index contributed by atoms with van der Waals surface area (Å²) in [5.41, 5.74) is -1.05. The average molecular weight is 596 g/mol. The molecule has 0 radical (unpaired) electrons. The normalized spacial score (nSPS) is 42.2. The van der Waals surface area contributed by atoms with Crippen LogP contribution in [0.5, 0.6) is 0 Å². The number of rotatable bonds is 4. The smallest absolute Gasteiger partial charge is 0.410 e. The highest BCUT2D eigenvalue weighted by Gasteiger charge is 2.71. The zero-order valence-electron chi connectivity index (χ0n) is 24.7. The molecule has 0 aromatic carbocycles. The average Bonchev–Trinajstić information content (AvgIpc) is 3.08. The van der Waals surface area contributed by atoms with Crippen molar-refractivity contribution in [3.05, 3.63) is 0 Å². The lowest BCUT2D eigenvalue weighted by atomic mass is 9.57. The third kappa shape index (κ3) is 6.51. The monoisotopic (exact) mass is 594 g/mol. The van der Waals surface area contributed by atoms with Gasteiger partial charge in [0, 0.05) is 51.0 Å². The molecule has 1 unspecified atom stereocenters. The molecule has 1 saturated carbocycles. The van der Waals surface area contributed by atoms with Crippen LogP contribution in [-0.4, -0.2) is 89.6 Å². The van der Waals surface area contributed by atoms with Gasteiger partial charge in [0.15, 0.2) is 17.7 Å². The molecule has 8 atom stereocenters. The van der Waals surface area contributed by atoms with Crippen LogP contribution < -0.4 is 0 Å². The van der Waals surface area contributed by atoms with Crippen LogP contribution in [0.4, 0.5) is 4.79 Å². The summed E-state index contributed by atoms with van der Waals surface area (Å²) in [5, 5.41) is 0.194. The van der Waals surface area contributed by atoms with Crippen molar-refractivity contribution in [2.45, 2.75) is 103 Å². The fourth-order valence-corrected chi connectivity index (χ4v) is 7.09. The predicted molar refractivity (Wildman–Crippen MR) is 148 cm³/mol. The Morgan fingerprint density at radius 3 is 2.28 bits per heavy atom. The molecule has 0 aromatic heterocycles. The molecule has 5 saturated heterocycles. The Kier molecular flexibility index (Phi) is 9.77. The highest BCUT2D eigenvalue weighted by Crippen LogP contribution is 2.62. The van der Waals surface area contributed by atoms with Gasteiger partial charge in [0.25, 0.3) is 0 Å². The van der Waals surface area contributed by atoms with Gasteiger partial charge in [-0.15, -0.1) is 23.2 Å². The van der Waals surface area contributed by atoms with Gasteiger partial charge >= 0.3 is 6.09 Å². The third-order valence-electron chi connectivity index (χ3n) is 9.37. The number of piperazine rings is 1. The Morgan fingerprint density at radius 1 is 0.974 bits per heavy atom. The summed E-state index contributed by atoms with van der Waals surface area (Å²) in [7, 11) is 0. The number of alkyl halides is 2. The number of hydrogen-bond donors (Lipinski definition) is 0. The van der Waals surface area contributed by atoms with Crippen LogP contribution in [-0.2, 0) is 28.7 Å². The Hall–Kier alpha value is -0.390.